The van der Waals surface area contributed by atoms with Gasteiger partial charge in [-0.1, -0.05) is 26.0 Å². The average molecular weight is 499 g/mol. The first-order valence-corrected chi connectivity index (χ1v) is 14.1. The molecule has 0 N–H and O–H groups in total. The molecule has 0 atom stereocenters. The molecule has 11 heteroatoms. The van der Waals surface area contributed by atoms with E-state index in [-0.39, 0.29) is 23.2 Å². The van der Waals surface area contributed by atoms with Gasteiger partial charge in [0.1, 0.15) is 10.7 Å². The van der Waals surface area contributed by atoms with Crippen molar-refractivity contribution in [3.05, 3.63) is 59.7 Å². The summed E-state index contributed by atoms with van der Waals surface area (Å²) in [5.74, 6) is -0.257. The number of pyridine rings is 1. The molecule has 1 aliphatic heterocycles. The molecule has 0 aliphatic carbocycles. The van der Waals surface area contributed by atoms with Gasteiger partial charge in [-0.05, 0) is 35.7 Å². The topological polar surface area (TPSA) is 90.9 Å². The van der Waals surface area contributed by atoms with Gasteiger partial charge in [-0.15, -0.1) is 0 Å². The summed E-state index contributed by atoms with van der Waals surface area (Å²) >= 11 is 0. The van der Waals surface area contributed by atoms with Crippen LogP contribution in [0.5, 0.6) is 0 Å². The minimum Gasteiger partial charge on any atom is -0.295 e. The lowest BCUT2D eigenvalue weighted by atomic mass is 10.2. The third-order valence-corrected chi connectivity index (χ3v) is 8.56. The predicted molar refractivity (Wildman–Crippen MR) is 125 cm³/mol. The predicted octanol–water partition coefficient (Wildman–Crippen LogP) is 2.14. The fourth-order valence-electron chi connectivity index (χ4n) is 3.70. The second-order valence-corrected chi connectivity index (χ2v) is 12.7. The molecule has 182 valence electrons. The molecule has 0 bridgehead atoms. The Morgan fingerprint density at radius 3 is 2.15 bits per heavy atom. The first-order chi connectivity index (χ1) is 15.4. The second kappa shape index (κ2) is 10.6. The van der Waals surface area contributed by atoms with Gasteiger partial charge < -0.3 is 0 Å². The third kappa shape index (κ3) is 7.03. The smallest absolute Gasteiger partial charge is 0.244 e. The maximum Gasteiger partial charge on any atom is 0.244 e. The summed E-state index contributed by atoms with van der Waals surface area (Å²) in [6, 6.07) is 9.07. The van der Waals surface area contributed by atoms with Crippen molar-refractivity contribution in [2.45, 2.75) is 31.8 Å². The quantitative estimate of drug-likeness (QED) is 0.526. The lowest BCUT2D eigenvalue weighted by Gasteiger charge is -2.32. The largest absolute Gasteiger partial charge is 0.295 e. The summed E-state index contributed by atoms with van der Waals surface area (Å²) in [7, 11) is -6.97. The van der Waals surface area contributed by atoms with Crippen molar-refractivity contribution in [3.8, 4) is 0 Å². The molecular weight excluding hydrogens is 467 g/mol. The minimum absolute atomic E-state index is 0.107. The highest BCUT2D eigenvalue weighted by atomic mass is 32.2. The highest BCUT2D eigenvalue weighted by Gasteiger charge is 2.27. The standard InChI is InChI=1S/C22H31FN4O4S2/c1-18(2)15-27(16-19-4-6-20(23)7-5-19)33(30,31)22-9-8-21(24-14-22)17-25-10-12-26(13-11-25)32(3,28)29/h4-9,14,18H,10-13,15-17H2,1-3H3. The van der Waals surface area contributed by atoms with Gasteiger partial charge >= 0.3 is 0 Å². The van der Waals surface area contributed by atoms with Gasteiger partial charge in [-0.3, -0.25) is 9.88 Å². The molecule has 1 saturated heterocycles. The van der Waals surface area contributed by atoms with E-state index in [0.717, 1.165) is 5.69 Å². The zero-order chi connectivity index (χ0) is 24.2. The molecule has 0 saturated carbocycles. The van der Waals surface area contributed by atoms with Crippen molar-refractivity contribution in [1.29, 1.82) is 0 Å². The van der Waals surface area contributed by atoms with Crippen LogP contribution in [0.15, 0.2) is 47.5 Å². The fourth-order valence-corrected chi connectivity index (χ4v) is 6.07. The Labute approximate surface area is 196 Å². The Balaban J connectivity index is 1.69. The third-order valence-electron chi connectivity index (χ3n) is 5.46. The molecule has 1 aromatic carbocycles. The van der Waals surface area contributed by atoms with Crippen molar-refractivity contribution in [1.82, 2.24) is 18.5 Å². The van der Waals surface area contributed by atoms with Crippen LogP contribution in [0.3, 0.4) is 0 Å². The van der Waals surface area contributed by atoms with Crippen LogP contribution < -0.4 is 0 Å². The van der Waals surface area contributed by atoms with E-state index in [0.29, 0.717) is 44.8 Å². The van der Waals surface area contributed by atoms with Crippen LogP contribution in [-0.4, -0.2) is 74.3 Å². The van der Waals surface area contributed by atoms with Crippen LogP contribution in [0, 0.1) is 11.7 Å². The Hall–Kier alpha value is -1.92. The number of hydrogen-bond donors (Lipinski definition) is 0. The number of aromatic nitrogens is 1. The molecule has 33 heavy (non-hydrogen) atoms. The van der Waals surface area contributed by atoms with E-state index in [2.05, 4.69) is 9.88 Å². The zero-order valence-electron chi connectivity index (χ0n) is 19.2. The highest BCUT2D eigenvalue weighted by molar-refractivity contribution is 7.89. The number of rotatable bonds is 9. The molecule has 1 fully saturated rings. The van der Waals surface area contributed by atoms with Crippen molar-refractivity contribution in [2.24, 2.45) is 5.92 Å². The lowest BCUT2D eigenvalue weighted by molar-refractivity contribution is 0.180. The molecule has 3 rings (SSSR count). The van der Waals surface area contributed by atoms with Gasteiger partial charge in [0.15, 0.2) is 0 Å². The maximum atomic E-state index is 13.3. The Bertz CT molecular complexity index is 1130. The molecule has 0 radical (unpaired) electrons. The van der Waals surface area contributed by atoms with Crippen molar-refractivity contribution in [3.63, 3.8) is 0 Å². The number of halogens is 1. The van der Waals surface area contributed by atoms with Crippen molar-refractivity contribution in [2.75, 3.05) is 39.0 Å². The van der Waals surface area contributed by atoms with Gasteiger partial charge in [0.25, 0.3) is 0 Å². The number of hydrogen-bond acceptors (Lipinski definition) is 6. The number of nitrogens with zero attached hydrogens (tertiary/aromatic N) is 4. The summed E-state index contributed by atoms with van der Waals surface area (Å²) in [6.07, 6.45) is 2.58. The number of sulfonamides is 2. The van der Waals surface area contributed by atoms with E-state index >= 15 is 0 Å². The molecule has 2 aromatic rings. The molecule has 2 heterocycles. The fraction of sp³-hybridized carbons (Fsp3) is 0.500. The van der Waals surface area contributed by atoms with Crippen LogP contribution >= 0.6 is 0 Å². The molecule has 1 aromatic heterocycles. The molecule has 0 spiro atoms. The van der Waals surface area contributed by atoms with E-state index in [9.17, 15) is 21.2 Å². The molecule has 0 unspecified atom stereocenters. The summed E-state index contributed by atoms with van der Waals surface area (Å²) in [6.45, 7) is 6.92. The SMILES string of the molecule is CC(C)CN(Cc1ccc(F)cc1)S(=O)(=O)c1ccc(CN2CCN(S(C)(=O)=O)CC2)nc1. The molecular formula is C22H31FN4O4S2. The van der Waals surface area contributed by atoms with E-state index in [1.54, 1.807) is 24.3 Å². The van der Waals surface area contributed by atoms with Gasteiger partial charge in [0, 0.05) is 52.0 Å². The normalized spacial score (nSPS) is 16.5. The van der Waals surface area contributed by atoms with E-state index in [1.165, 1.54) is 33.2 Å². The Morgan fingerprint density at radius 2 is 1.64 bits per heavy atom. The Kier molecular flexibility index (Phi) is 8.22. The Morgan fingerprint density at radius 1 is 1.00 bits per heavy atom. The second-order valence-electron chi connectivity index (χ2n) is 8.74. The van der Waals surface area contributed by atoms with Crippen LogP contribution in [-0.2, 0) is 33.1 Å². The van der Waals surface area contributed by atoms with Crippen LogP contribution in [0.2, 0.25) is 0 Å². The summed E-state index contributed by atoms with van der Waals surface area (Å²) in [5, 5.41) is 0. The number of piperazine rings is 1. The van der Waals surface area contributed by atoms with Gasteiger partial charge in [-0.2, -0.15) is 8.61 Å². The summed E-state index contributed by atoms with van der Waals surface area (Å²) < 4.78 is 66.0. The van der Waals surface area contributed by atoms with E-state index in [4.69, 9.17) is 0 Å². The van der Waals surface area contributed by atoms with Crippen molar-refractivity contribution >= 4 is 20.0 Å². The first kappa shape index (κ1) is 25.7. The van der Waals surface area contributed by atoms with Crippen LogP contribution in [0.1, 0.15) is 25.1 Å². The van der Waals surface area contributed by atoms with E-state index < -0.39 is 20.0 Å². The van der Waals surface area contributed by atoms with Crippen LogP contribution in [0.4, 0.5) is 4.39 Å². The monoisotopic (exact) mass is 498 g/mol. The highest BCUT2D eigenvalue weighted by Crippen LogP contribution is 2.20. The van der Waals surface area contributed by atoms with Gasteiger partial charge in [0.05, 0.1) is 11.9 Å². The molecule has 0 amide bonds. The first-order valence-electron chi connectivity index (χ1n) is 10.8. The molecule has 1 aliphatic rings. The minimum atomic E-state index is -3.79. The van der Waals surface area contributed by atoms with Gasteiger partial charge in [0.2, 0.25) is 20.0 Å². The zero-order valence-corrected chi connectivity index (χ0v) is 20.8. The van der Waals surface area contributed by atoms with Crippen molar-refractivity contribution < 1.29 is 21.2 Å². The number of benzene rings is 1. The lowest BCUT2D eigenvalue weighted by Crippen LogP contribution is -2.47. The molecule has 8 nitrogen and oxygen atoms in total. The average Bonchev–Trinajstić information content (AvgIpc) is 2.74. The maximum absolute atomic E-state index is 13.3. The van der Waals surface area contributed by atoms with Gasteiger partial charge in [-0.25, -0.2) is 21.2 Å². The summed E-state index contributed by atoms with van der Waals surface area (Å²) in [4.78, 5) is 6.56. The van der Waals surface area contributed by atoms with E-state index in [1.807, 2.05) is 13.8 Å². The van der Waals surface area contributed by atoms with Crippen LogP contribution in [0.25, 0.3) is 0 Å². The summed E-state index contributed by atoms with van der Waals surface area (Å²) in [5.41, 5.74) is 1.43.